The molecule has 1 N–H and O–H groups in total. The number of amides is 2. The lowest BCUT2D eigenvalue weighted by Gasteiger charge is -2.31. The molecule has 3 fully saturated rings. The van der Waals surface area contributed by atoms with Gasteiger partial charge in [-0.2, -0.15) is 0 Å². The van der Waals surface area contributed by atoms with Gasteiger partial charge in [-0.25, -0.2) is 0 Å². The van der Waals surface area contributed by atoms with Crippen molar-refractivity contribution in [2.45, 2.75) is 49.6 Å². The Morgan fingerprint density at radius 2 is 2.09 bits per heavy atom. The van der Waals surface area contributed by atoms with Crippen molar-refractivity contribution in [3.05, 3.63) is 35.9 Å². The molecule has 4 rings (SSSR count). The summed E-state index contributed by atoms with van der Waals surface area (Å²) in [4.78, 5) is 26.7. The largest absolute Gasteiger partial charge is 0.347 e. The van der Waals surface area contributed by atoms with E-state index < -0.39 is 0 Å². The summed E-state index contributed by atoms with van der Waals surface area (Å²) in [6, 6.07) is 9.96. The molecule has 23 heavy (non-hydrogen) atoms. The predicted molar refractivity (Wildman–Crippen MR) is 90.8 cm³/mol. The van der Waals surface area contributed by atoms with Crippen LogP contribution in [0.15, 0.2) is 30.3 Å². The maximum Gasteiger partial charge on any atom is 0.244 e. The molecule has 1 aliphatic carbocycles. The summed E-state index contributed by atoms with van der Waals surface area (Å²) in [6.07, 6.45) is 3.75. The molecule has 0 bridgehead atoms. The third-order valence-corrected chi connectivity index (χ3v) is 6.80. The van der Waals surface area contributed by atoms with Crippen LogP contribution in [0.4, 0.5) is 0 Å². The van der Waals surface area contributed by atoms with E-state index in [0.29, 0.717) is 18.1 Å². The molecule has 0 radical (unpaired) electrons. The Hall–Kier alpha value is -1.49. The monoisotopic (exact) mass is 330 g/mol. The molecular weight excluding hydrogens is 308 g/mol. The first kappa shape index (κ1) is 15.1. The number of carbonyl (C=O) groups is 2. The van der Waals surface area contributed by atoms with Crippen molar-refractivity contribution in [1.82, 2.24) is 10.2 Å². The summed E-state index contributed by atoms with van der Waals surface area (Å²) >= 11 is 1.75. The van der Waals surface area contributed by atoms with E-state index in [9.17, 15) is 9.59 Å². The Labute approximate surface area is 141 Å². The average Bonchev–Trinajstić information content (AvgIpc) is 3.27. The van der Waals surface area contributed by atoms with E-state index in [4.69, 9.17) is 0 Å². The molecule has 3 aliphatic rings. The number of rotatable bonds is 4. The van der Waals surface area contributed by atoms with Gasteiger partial charge in [-0.15, -0.1) is 11.8 Å². The molecule has 5 heteroatoms. The zero-order valence-corrected chi connectivity index (χ0v) is 14.1. The third kappa shape index (κ3) is 2.65. The van der Waals surface area contributed by atoms with Crippen LogP contribution in [0.2, 0.25) is 0 Å². The van der Waals surface area contributed by atoms with Gasteiger partial charge in [-0.1, -0.05) is 30.3 Å². The summed E-state index contributed by atoms with van der Waals surface area (Å²) in [5.74, 6) is 1.38. The minimum atomic E-state index is -0.315. The highest BCUT2D eigenvalue weighted by molar-refractivity contribution is 8.01. The lowest BCUT2D eigenvalue weighted by Crippen LogP contribution is -2.50. The summed E-state index contributed by atoms with van der Waals surface area (Å²) < 4.78 is 0. The van der Waals surface area contributed by atoms with Crippen molar-refractivity contribution in [2.24, 2.45) is 5.92 Å². The van der Waals surface area contributed by atoms with Crippen LogP contribution in [0.3, 0.4) is 0 Å². The summed E-state index contributed by atoms with van der Waals surface area (Å²) in [6.45, 7) is 2.09. The first-order valence-electron chi connectivity index (χ1n) is 8.40. The third-order valence-electron chi connectivity index (χ3n) is 5.30. The van der Waals surface area contributed by atoms with Crippen LogP contribution in [0.25, 0.3) is 0 Å². The first-order chi connectivity index (χ1) is 11.1. The highest BCUT2D eigenvalue weighted by Gasteiger charge is 2.53. The minimum absolute atomic E-state index is 0.0113. The van der Waals surface area contributed by atoms with Gasteiger partial charge in [0.2, 0.25) is 11.8 Å². The quantitative estimate of drug-likeness (QED) is 0.923. The fourth-order valence-electron chi connectivity index (χ4n) is 3.83. The van der Waals surface area contributed by atoms with Crippen molar-refractivity contribution >= 4 is 23.6 Å². The number of nitrogens with one attached hydrogen (secondary N) is 1. The second-order valence-corrected chi connectivity index (χ2v) is 8.50. The first-order valence-corrected chi connectivity index (χ1v) is 9.38. The number of hydrogen-bond acceptors (Lipinski definition) is 3. The fraction of sp³-hybridized carbons (Fsp3) is 0.556. The van der Waals surface area contributed by atoms with Crippen molar-refractivity contribution in [2.75, 3.05) is 5.75 Å². The van der Waals surface area contributed by atoms with E-state index in [1.165, 1.54) is 18.4 Å². The zero-order valence-electron chi connectivity index (χ0n) is 13.3. The minimum Gasteiger partial charge on any atom is -0.347 e. The van der Waals surface area contributed by atoms with E-state index >= 15 is 0 Å². The molecule has 2 saturated heterocycles. The maximum absolute atomic E-state index is 12.9. The van der Waals surface area contributed by atoms with Gasteiger partial charge in [0.25, 0.3) is 0 Å². The number of benzene rings is 1. The SMILES string of the molecule is CC12CCC(=O)N1C(C(=O)NC(c1ccccc1)C1CC1)CS2. The van der Waals surface area contributed by atoms with Crippen LogP contribution in [0.1, 0.15) is 44.2 Å². The molecular formula is C18H22N2O2S. The number of hydrogen-bond donors (Lipinski definition) is 1. The molecule has 2 amide bonds. The van der Waals surface area contributed by atoms with Crippen molar-refractivity contribution in [1.29, 1.82) is 0 Å². The molecule has 1 saturated carbocycles. The van der Waals surface area contributed by atoms with Crippen LogP contribution in [-0.4, -0.2) is 33.4 Å². The average molecular weight is 330 g/mol. The Balaban J connectivity index is 1.52. The maximum atomic E-state index is 12.9. The molecule has 0 aromatic heterocycles. The summed E-state index contributed by atoms with van der Waals surface area (Å²) in [5.41, 5.74) is 1.17. The predicted octanol–water partition coefficient (Wildman–Crippen LogP) is 2.71. The summed E-state index contributed by atoms with van der Waals surface area (Å²) in [7, 11) is 0. The highest BCUT2D eigenvalue weighted by atomic mass is 32.2. The van der Waals surface area contributed by atoms with E-state index in [1.54, 1.807) is 11.8 Å². The molecule has 1 aromatic carbocycles. The zero-order chi connectivity index (χ0) is 16.0. The fourth-order valence-corrected chi connectivity index (χ4v) is 5.26. The molecule has 122 valence electrons. The molecule has 1 aromatic rings. The molecule has 2 aliphatic heterocycles. The van der Waals surface area contributed by atoms with Gasteiger partial charge in [0.15, 0.2) is 0 Å². The van der Waals surface area contributed by atoms with Crippen molar-refractivity contribution in [3.8, 4) is 0 Å². The molecule has 3 atom stereocenters. The topological polar surface area (TPSA) is 49.4 Å². The standard InChI is InChI=1S/C18H22N2O2S/c1-18-10-9-15(21)20(18)14(11-23-18)17(22)19-16(13-7-8-13)12-5-3-2-4-6-12/h2-6,13-14,16H,7-11H2,1H3,(H,19,22). The second kappa shape index (κ2) is 5.55. The van der Waals surface area contributed by atoms with Gasteiger partial charge in [-0.3, -0.25) is 9.59 Å². The number of thioether (sulfide) groups is 1. The highest BCUT2D eigenvalue weighted by Crippen LogP contribution is 2.47. The lowest BCUT2D eigenvalue weighted by atomic mass is 10.0. The van der Waals surface area contributed by atoms with Gasteiger partial charge in [0.05, 0.1) is 10.9 Å². The smallest absolute Gasteiger partial charge is 0.244 e. The molecule has 4 nitrogen and oxygen atoms in total. The van der Waals surface area contributed by atoms with Gasteiger partial charge in [0, 0.05) is 12.2 Å². The number of nitrogens with zero attached hydrogens (tertiary/aromatic N) is 1. The molecule has 0 spiro atoms. The van der Waals surface area contributed by atoms with Gasteiger partial charge in [0.1, 0.15) is 6.04 Å². The van der Waals surface area contributed by atoms with Crippen LogP contribution in [-0.2, 0) is 9.59 Å². The van der Waals surface area contributed by atoms with E-state index in [2.05, 4.69) is 24.4 Å². The van der Waals surface area contributed by atoms with Crippen LogP contribution >= 0.6 is 11.8 Å². The Morgan fingerprint density at radius 3 is 2.78 bits per heavy atom. The molecule has 2 heterocycles. The Kier molecular flexibility index (Phi) is 3.63. The Bertz CT molecular complexity index is 631. The summed E-state index contributed by atoms with van der Waals surface area (Å²) in [5, 5.41) is 3.24. The van der Waals surface area contributed by atoms with Gasteiger partial charge < -0.3 is 10.2 Å². The van der Waals surface area contributed by atoms with Crippen LogP contribution in [0.5, 0.6) is 0 Å². The van der Waals surface area contributed by atoms with E-state index in [-0.39, 0.29) is 28.8 Å². The van der Waals surface area contributed by atoms with Crippen LogP contribution < -0.4 is 5.32 Å². The van der Waals surface area contributed by atoms with Gasteiger partial charge in [-0.05, 0) is 37.7 Å². The Morgan fingerprint density at radius 1 is 1.35 bits per heavy atom. The second-order valence-electron chi connectivity index (χ2n) is 7.00. The number of fused-ring (bicyclic) bond motifs is 1. The van der Waals surface area contributed by atoms with Crippen LogP contribution in [0, 0.1) is 5.92 Å². The normalized spacial score (nSPS) is 31.1. The number of carbonyl (C=O) groups excluding carboxylic acids is 2. The van der Waals surface area contributed by atoms with Crippen molar-refractivity contribution < 1.29 is 9.59 Å². The van der Waals surface area contributed by atoms with Crippen molar-refractivity contribution in [3.63, 3.8) is 0 Å². The van der Waals surface area contributed by atoms with E-state index in [0.717, 1.165) is 6.42 Å². The lowest BCUT2D eigenvalue weighted by molar-refractivity contribution is -0.138. The van der Waals surface area contributed by atoms with Gasteiger partial charge >= 0.3 is 0 Å². The van der Waals surface area contributed by atoms with E-state index in [1.807, 2.05) is 23.1 Å². The molecule has 3 unspecified atom stereocenters.